The highest BCUT2D eigenvalue weighted by Crippen LogP contribution is 2.28. The number of rotatable bonds is 9. The number of carbonyl (C=O) groups is 2. The van der Waals surface area contributed by atoms with Crippen LogP contribution >= 0.6 is 0 Å². The number of nitro benzene ring substituents is 1. The molecule has 0 heterocycles. The average molecular weight is 443 g/mol. The molecular weight excluding hydrogens is 422 g/mol. The van der Waals surface area contributed by atoms with E-state index in [9.17, 15) is 19.7 Å². The summed E-state index contributed by atoms with van der Waals surface area (Å²) in [5.74, 6) is -1.11. The van der Waals surface area contributed by atoms with Crippen molar-refractivity contribution in [2.24, 2.45) is 5.16 Å². The van der Waals surface area contributed by atoms with Crippen LogP contribution in [-0.4, -0.2) is 43.9 Å². The molecule has 0 spiro atoms. The number of hydrogen-bond donors (Lipinski definition) is 1. The number of nitro groups is 1. The molecule has 0 saturated heterocycles. The molecule has 0 aliphatic rings. The number of oxime groups is 1. The van der Waals surface area contributed by atoms with Crippen LogP contribution < -0.4 is 14.9 Å². The average Bonchev–Trinajstić information content (AvgIpc) is 2.81. The van der Waals surface area contributed by atoms with E-state index >= 15 is 0 Å². The third kappa shape index (κ3) is 6.29. The van der Waals surface area contributed by atoms with Crippen LogP contribution in [0.3, 0.4) is 0 Å². The molecule has 11 nitrogen and oxygen atoms in total. The molecule has 0 aliphatic heterocycles. The molecule has 168 valence electrons. The number of para-hydroxylation sites is 1. The normalized spacial score (nSPS) is 11.4. The molecule has 0 aliphatic carbocycles. The molecular formula is C21H21N3O8. The highest BCUT2D eigenvalue weighted by molar-refractivity contribution is 6.01. The highest BCUT2D eigenvalue weighted by atomic mass is 16.6. The van der Waals surface area contributed by atoms with Crippen molar-refractivity contribution < 1.29 is 33.6 Å². The van der Waals surface area contributed by atoms with Gasteiger partial charge in [0, 0.05) is 23.4 Å². The van der Waals surface area contributed by atoms with Crippen LogP contribution in [0.1, 0.15) is 12.5 Å². The van der Waals surface area contributed by atoms with Crippen LogP contribution in [0.15, 0.2) is 59.4 Å². The fraction of sp³-hybridized carbons (Fsp3) is 0.190. The maximum atomic E-state index is 11.9. The van der Waals surface area contributed by atoms with Gasteiger partial charge < -0.3 is 24.4 Å². The summed E-state index contributed by atoms with van der Waals surface area (Å²) in [5, 5.41) is 18.0. The summed E-state index contributed by atoms with van der Waals surface area (Å²) in [7, 11) is 3.77. The Kier molecular flexibility index (Phi) is 8.29. The second kappa shape index (κ2) is 11.1. The van der Waals surface area contributed by atoms with Crippen LogP contribution in [0.2, 0.25) is 0 Å². The Balaban J connectivity index is 2.39. The Bertz CT molecular complexity index is 1080. The zero-order valence-electron chi connectivity index (χ0n) is 17.8. The van der Waals surface area contributed by atoms with Gasteiger partial charge in [-0.25, -0.2) is 9.59 Å². The molecule has 0 bridgehead atoms. The monoisotopic (exact) mass is 443 g/mol. The van der Waals surface area contributed by atoms with Gasteiger partial charge in [0.25, 0.3) is 5.69 Å². The van der Waals surface area contributed by atoms with Crippen LogP contribution in [0.4, 0.5) is 11.4 Å². The number of non-ortho nitro benzene ring substituents is 1. The van der Waals surface area contributed by atoms with E-state index in [1.165, 1.54) is 13.2 Å². The molecule has 0 atom stereocenters. The summed E-state index contributed by atoms with van der Waals surface area (Å²) in [6.07, 6.45) is 0.856. The Morgan fingerprint density at radius 2 is 1.81 bits per heavy atom. The van der Waals surface area contributed by atoms with Crippen molar-refractivity contribution in [1.29, 1.82) is 0 Å². The minimum Gasteiger partial charge on any atom is -0.496 e. The van der Waals surface area contributed by atoms with Crippen molar-refractivity contribution in [1.82, 2.24) is 0 Å². The molecule has 0 aromatic heterocycles. The van der Waals surface area contributed by atoms with E-state index in [1.54, 1.807) is 31.2 Å². The summed E-state index contributed by atoms with van der Waals surface area (Å²) in [4.78, 5) is 39.6. The standard InChI is InChI=1S/C21H21N3O8/c1-13(17-7-5-6-8-19(17)29-2)23-32-16-10-14(9-15(11-16)24(27)28)22-18(21(26)31-4)12-20(25)30-3/h5-12,22H,1-4H3/b18-12+,23-13?. The van der Waals surface area contributed by atoms with Gasteiger partial charge in [0.15, 0.2) is 5.75 Å². The van der Waals surface area contributed by atoms with Gasteiger partial charge in [-0.2, -0.15) is 0 Å². The molecule has 0 fully saturated rings. The number of carbonyl (C=O) groups excluding carboxylic acids is 2. The first-order valence-electron chi connectivity index (χ1n) is 9.08. The number of ether oxygens (including phenoxy) is 3. The fourth-order valence-electron chi connectivity index (χ4n) is 2.52. The Labute approximate surface area is 183 Å². The largest absolute Gasteiger partial charge is 0.496 e. The van der Waals surface area contributed by atoms with E-state index < -0.39 is 16.9 Å². The lowest BCUT2D eigenvalue weighted by molar-refractivity contribution is -0.384. The first-order valence-corrected chi connectivity index (χ1v) is 9.08. The van der Waals surface area contributed by atoms with E-state index in [-0.39, 0.29) is 22.8 Å². The van der Waals surface area contributed by atoms with E-state index in [4.69, 9.17) is 9.57 Å². The van der Waals surface area contributed by atoms with E-state index in [1.807, 2.05) is 0 Å². The van der Waals surface area contributed by atoms with Crippen molar-refractivity contribution in [2.45, 2.75) is 6.92 Å². The SMILES string of the molecule is COC(=O)/C=C(/Nc1cc(ON=C(C)c2ccccc2OC)cc([N+](=O)[O-])c1)C(=O)OC. The van der Waals surface area contributed by atoms with Crippen molar-refractivity contribution in [3.63, 3.8) is 0 Å². The Morgan fingerprint density at radius 1 is 1.09 bits per heavy atom. The minimum absolute atomic E-state index is 0.0123. The second-order valence-corrected chi connectivity index (χ2v) is 6.14. The maximum Gasteiger partial charge on any atom is 0.354 e. The van der Waals surface area contributed by atoms with Gasteiger partial charge in [0.05, 0.1) is 44.1 Å². The van der Waals surface area contributed by atoms with Crippen LogP contribution in [-0.2, 0) is 19.1 Å². The molecule has 1 N–H and O–H groups in total. The molecule has 0 radical (unpaired) electrons. The topological polar surface area (TPSA) is 139 Å². The van der Waals surface area contributed by atoms with E-state index in [2.05, 4.69) is 19.9 Å². The quantitative estimate of drug-likeness (QED) is 0.204. The van der Waals surface area contributed by atoms with E-state index in [0.717, 1.165) is 32.4 Å². The molecule has 0 saturated carbocycles. The summed E-state index contributed by atoms with van der Waals surface area (Å²) in [5.41, 5.74) is 0.592. The van der Waals surface area contributed by atoms with Gasteiger partial charge in [0.1, 0.15) is 11.4 Å². The Morgan fingerprint density at radius 3 is 2.44 bits per heavy atom. The molecule has 0 amide bonds. The zero-order chi connectivity index (χ0) is 23.7. The van der Waals surface area contributed by atoms with Crippen LogP contribution in [0.25, 0.3) is 0 Å². The van der Waals surface area contributed by atoms with E-state index in [0.29, 0.717) is 17.0 Å². The number of benzene rings is 2. The lowest BCUT2D eigenvalue weighted by atomic mass is 10.1. The van der Waals surface area contributed by atoms with Gasteiger partial charge in [0.2, 0.25) is 0 Å². The number of anilines is 1. The van der Waals surface area contributed by atoms with Crippen molar-refractivity contribution in [2.75, 3.05) is 26.6 Å². The van der Waals surface area contributed by atoms with Crippen molar-refractivity contribution in [3.8, 4) is 11.5 Å². The predicted molar refractivity (Wildman–Crippen MR) is 115 cm³/mol. The van der Waals surface area contributed by atoms with Crippen molar-refractivity contribution in [3.05, 3.63) is 69.9 Å². The van der Waals surface area contributed by atoms with Gasteiger partial charge in [-0.15, -0.1) is 0 Å². The van der Waals surface area contributed by atoms with Gasteiger partial charge in [-0.3, -0.25) is 10.1 Å². The first-order chi connectivity index (χ1) is 15.3. The smallest absolute Gasteiger partial charge is 0.354 e. The molecule has 2 aromatic carbocycles. The highest BCUT2D eigenvalue weighted by Gasteiger charge is 2.17. The number of esters is 2. The van der Waals surface area contributed by atoms with Gasteiger partial charge >= 0.3 is 11.9 Å². The van der Waals surface area contributed by atoms with Crippen LogP contribution in [0.5, 0.6) is 11.5 Å². The third-order valence-electron chi connectivity index (χ3n) is 4.03. The summed E-state index contributed by atoms with van der Waals surface area (Å²) in [6, 6.07) is 10.8. The first kappa shape index (κ1) is 23.9. The molecule has 32 heavy (non-hydrogen) atoms. The minimum atomic E-state index is -0.880. The number of hydrogen-bond acceptors (Lipinski definition) is 10. The zero-order valence-corrected chi connectivity index (χ0v) is 17.8. The molecule has 2 aromatic rings. The number of nitrogens with one attached hydrogen (secondary N) is 1. The lowest BCUT2D eigenvalue weighted by Gasteiger charge is -2.11. The number of nitrogens with zero attached hydrogens (tertiary/aromatic N) is 2. The summed E-state index contributed by atoms with van der Waals surface area (Å²) in [6.45, 7) is 1.68. The molecule has 2 rings (SSSR count). The molecule has 0 unspecified atom stereocenters. The third-order valence-corrected chi connectivity index (χ3v) is 4.03. The van der Waals surface area contributed by atoms with Crippen LogP contribution in [0, 0.1) is 10.1 Å². The van der Waals surface area contributed by atoms with Gasteiger partial charge in [-0.1, -0.05) is 17.3 Å². The molecule has 11 heteroatoms. The van der Waals surface area contributed by atoms with Crippen molar-refractivity contribution >= 4 is 29.0 Å². The maximum absolute atomic E-state index is 11.9. The summed E-state index contributed by atoms with van der Waals surface area (Å²) >= 11 is 0. The Hall–Kier alpha value is -4.41. The second-order valence-electron chi connectivity index (χ2n) is 6.14. The predicted octanol–water partition coefficient (Wildman–Crippen LogP) is 3.05. The fourth-order valence-corrected chi connectivity index (χ4v) is 2.52. The number of methoxy groups -OCH3 is 3. The van der Waals surface area contributed by atoms with Gasteiger partial charge in [-0.05, 0) is 19.1 Å². The lowest BCUT2D eigenvalue weighted by Crippen LogP contribution is -2.15. The summed E-state index contributed by atoms with van der Waals surface area (Å²) < 4.78 is 14.4.